The fourth-order valence-corrected chi connectivity index (χ4v) is 2.66. The van der Waals surface area contributed by atoms with Crippen LogP contribution in [0.4, 0.5) is 20.2 Å². The Bertz CT molecular complexity index is 627. The number of halogens is 2. The van der Waals surface area contributed by atoms with Crippen LogP contribution >= 0.6 is 0 Å². The Morgan fingerprint density at radius 1 is 1.12 bits per heavy atom. The monoisotopic (exact) mass is 353 g/mol. The van der Waals surface area contributed by atoms with Gasteiger partial charge >= 0.3 is 0 Å². The van der Waals surface area contributed by atoms with Gasteiger partial charge in [-0.1, -0.05) is 20.8 Å². The van der Waals surface area contributed by atoms with E-state index < -0.39 is 23.0 Å². The summed E-state index contributed by atoms with van der Waals surface area (Å²) in [5.41, 5.74) is -0.494. The lowest BCUT2D eigenvalue weighted by atomic mass is 9.96. The highest BCUT2D eigenvalue weighted by Gasteiger charge is 2.22. The van der Waals surface area contributed by atoms with Crippen LogP contribution in [0.1, 0.15) is 40.0 Å². The lowest BCUT2D eigenvalue weighted by Gasteiger charge is -2.20. The van der Waals surface area contributed by atoms with Crippen LogP contribution < -0.4 is 15.5 Å². The van der Waals surface area contributed by atoms with Crippen molar-refractivity contribution in [2.24, 2.45) is 5.41 Å². The van der Waals surface area contributed by atoms with E-state index >= 15 is 0 Å². The Hall–Kier alpha value is -2.18. The maximum absolute atomic E-state index is 14.2. The van der Waals surface area contributed by atoms with Gasteiger partial charge in [0.25, 0.3) is 0 Å². The molecule has 2 amide bonds. The highest BCUT2D eigenvalue weighted by molar-refractivity contribution is 5.91. The largest absolute Gasteiger partial charge is 0.367 e. The fourth-order valence-electron chi connectivity index (χ4n) is 2.66. The van der Waals surface area contributed by atoms with Gasteiger partial charge in [0.2, 0.25) is 11.8 Å². The van der Waals surface area contributed by atoms with Crippen molar-refractivity contribution in [2.45, 2.75) is 40.0 Å². The van der Waals surface area contributed by atoms with Crippen molar-refractivity contribution in [3.63, 3.8) is 0 Å². The van der Waals surface area contributed by atoms with Gasteiger partial charge in [-0.3, -0.25) is 9.59 Å². The second kappa shape index (κ2) is 7.80. The van der Waals surface area contributed by atoms with Gasteiger partial charge in [-0.25, -0.2) is 8.78 Å². The van der Waals surface area contributed by atoms with Gasteiger partial charge in [0, 0.05) is 37.2 Å². The summed E-state index contributed by atoms with van der Waals surface area (Å²) >= 11 is 0. The Labute approximate surface area is 146 Å². The molecule has 0 unspecified atom stereocenters. The van der Waals surface area contributed by atoms with Crippen LogP contribution in [-0.4, -0.2) is 31.4 Å². The van der Waals surface area contributed by atoms with Crippen LogP contribution in [0, 0.1) is 17.0 Å². The van der Waals surface area contributed by atoms with Crippen molar-refractivity contribution in [1.82, 2.24) is 5.32 Å². The van der Waals surface area contributed by atoms with E-state index in [-0.39, 0.29) is 30.2 Å². The van der Waals surface area contributed by atoms with Crippen LogP contribution in [0.5, 0.6) is 0 Å². The molecule has 0 saturated carbocycles. The molecule has 0 radical (unpaired) electrons. The summed E-state index contributed by atoms with van der Waals surface area (Å²) < 4.78 is 28.4. The Kier molecular flexibility index (Phi) is 5.98. The topological polar surface area (TPSA) is 61.4 Å². The molecule has 1 aliphatic rings. The number of hydrogen-bond acceptors (Lipinski definition) is 3. The molecule has 1 fully saturated rings. The summed E-state index contributed by atoms with van der Waals surface area (Å²) in [5.74, 6) is -1.94. The number of amides is 2. The molecule has 1 saturated heterocycles. The number of hydrogen-bond donors (Lipinski definition) is 2. The van der Waals surface area contributed by atoms with Crippen LogP contribution in [0.3, 0.4) is 0 Å². The maximum atomic E-state index is 14.2. The molecule has 0 spiro atoms. The third-order valence-corrected chi connectivity index (χ3v) is 4.04. The number of benzene rings is 1. The van der Waals surface area contributed by atoms with E-state index in [9.17, 15) is 18.4 Å². The quantitative estimate of drug-likeness (QED) is 0.855. The molecule has 2 N–H and O–H groups in total. The van der Waals surface area contributed by atoms with Crippen molar-refractivity contribution in [3.8, 4) is 0 Å². The Morgan fingerprint density at radius 3 is 2.20 bits per heavy atom. The average molecular weight is 353 g/mol. The van der Waals surface area contributed by atoms with Gasteiger partial charge in [-0.05, 0) is 25.0 Å². The van der Waals surface area contributed by atoms with Crippen molar-refractivity contribution >= 4 is 23.2 Å². The number of nitrogens with one attached hydrogen (secondary N) is 2. The molecule has 138 valence electrons. The smallest absolute Gasteiger partial charge is 0.226 e. The van der Waals surface area contributed by atoms with Gasteiger partial charge in [-0.2, -0.15) is 0 Å². The van der Waals surface area contributed by atoms with Gasteiger partial charge in [-0.15, -0.1) is 0 Å². The number of carbonyl (C=O) groups excluding carboxylic acids is 2. The van der Waals surface area contributed by atoms with Gasteiger partial charge in [0.15, 0.2) is 11.6 Å². The second-order valence-corrected chi connectivity index (χ2v) is 7.29. The molecule has 1 aromatic rings. The predicted octanol–water partition coefficient (Wildman–Crippen LogP) is 3.06. The molecule has 0 aliphatic carbocycles. The molecule has 1 heterocycles. The second-order valence-electron chi connectivity index (χ2n) is 7.29. The molecule has 5 nitrogen and oxygen atoms in total. The lowest BCUT2D eigenvalue weighted by Crippen LogP contribution is -2.36. The van der Waals surface area contributed by atoms with Crippen LogP contribution in [0.2, 0.25) is 0 Å². The van der Waals surface area contributed by atoms with Crippen molar-refractivity contribution in [3.05, 3.63) is 23.8 Å². The summed E-state index contributed by atoms with van der Waals surface area (Å²) in [6.07, 6.45) is 1.86. The zero-order valence-corrected chi connectivity index (χ0v) is 14.9. The minimum absolute atomic E-state index is 0.0267. The van der Waals surface area contributed by atoms with Crippen LogP contribution in [0.25, 0.3) is 0 Å². The first-order valence-corrected chi connectivity index (χ1v) is 8.50. The number of anilines is 2. The minimum Gasteiger partial charge on any atom is -0.367 e. The minimum atomic E-state index is -0.682. The van der Waals surface area contributed by atoms with Crippen molar-refractivity contribution in [1.29, 1.82) is 0 Å². The van der Waals surface area contributed by atoms with Gasteiger partial charge < -0.3 is 15.5 Å². The third kappa shape index (κ3) is 5.14. The molecule has 0 aromatic heterocycles. The summed E-state index contributed by atoms with van der Waals surface area (Å²) in [4.78, 5) is 25.3. The van der Waals surface area contributed by atoms with E-state index in [4.69, 9.17) is 0 Å². The van der Waals surface area contributed by atoms with Gasteiger partial charge in [0.1, 0.15) is 5.69 Å². The molecule has 1 aliphatic heterocycles. The average Bonchev–Trinajstić information content (AvgIpc) is 2.99. The number of carbonyl (C=O) groups is 2. The summed E-state index contributed by atoms with van der Waals surface area (Å²) in [7, 11) is 0. The summed E-state index contributed by atoms with van der Waals surface area (Å²) in [6.45, 7) is 6.75. The highest BCUT2D eigenvalue weighted by atomic mass is 19.1. The highest BCUT2D eigenvalue weighted by Crippen LogP contribution is 2.29. The van der Waals surface area contributed by atoms with Crippen LogP contribution in [0.15, 0.2) is 12.1 Å². The first kappa shape index (κ1) is 19.1. The van der Waals surface area contributed by atoms with E-state index in [1.165, 1.54) is 0 Å². The molecule has 2 rings (SSSR count). The van der Waals surface area contributed by atoms with E-state index in [1.54, 1.807) is 25.7 Å². The molecular formula is C18H25F2N3O2. The number of rotatable bonds is 5. The first-order chi connectivity index (χ1) is 11.7. The standard InChI is InChI=1S/C18H25F2N3O2/c1-18(2,3)17(25)21-7-6-15(24)22-12-10-13(19)16(14(20)11-12)23-8-4-5-9-23/h10-11H,4-9H2,1-3H3,(H,21,25)(H,22,24). The fraction of sp³-hybridized carbons (Fsp3) is 0.556. The zero-order valence-electron chi connectivity index (χ0n) is 14.9. The Balaban J connectivity index is 1.92. The summed E-state index contributed by atoms with van der Waals surface area (Å²) in [6, 6.07) is 2.25. The lowest BCUT2D eigenvalue weighted by molar-refractivity contribution is -0.128. The normalized spacial score (nSPS) is 14.5. The molecule has 1 aromatic carbocycles. The van der Waals surface area contributed by atoms with E-state index in [1.807, 2.05) is 0 Å². The van der Waals surface area contributed by atoms with Gasteiger partial charge in [0.05, 0.1) is 0 Å². The SMILES string of the molecule is CC(C)(C)C(=O)NCCC(=O)Nc1cc(F)c(N2CCCC2)c(F)c1. The van der Waals surface area contributed by atoms with Crippen molar-refractivity contribution < 1.29 is 18.4 Å². The van der Waals surface area contributed by atoms with E-state index in [2.05, 4.69) is 10.6 Å². The molecule has 25 heavy (non-hydrogen) atoms. The third-order valence-electron chi connectivity index (χ3n) is 4.04. The first-order valence-electron chi connectivity index (χ1n) is 8.50. The Morgan fingerprint density at radius 2 is 1.68 bits per heavy atom. The molecule has 0 bridgehead atoms. The molecule has 7 heteroatoms. The molecular weight excluding hydrogens is 328 g/mol. The van der Waals surface area contributed by atoms with Crippen molar-refractivity contribution in [2.75, 3.05) is 29.9 Å². The molecule has 0 atom stereocenters. The van der Waals surface area contributed by atoms with Crippen LogP contribution in [-0.2, 0) is 9.59 Å². The maximum Gasteiger partial charge on any atom is 0.226 e. The van der Waals surface area contributed by atoms with E-state index in [0.29, 0.717) is 13.1 Å². The zero-order chi connectivity index (χ0) is 18.6. The van der Waals surface area contributed by atoms with E-state index in [0.717, 1.165) is 25.0 Å². The summed E-state index contributed by atoms with van der Waals surface area (Å²) in [5, 5.41) is 5.12. The number of nitrogens with zero attached hydrogens (tertiary/aromatic N) is 1. The predicted molar refractivity (Wildman–Crippen MR) is 93.5 cm³/mol.